The van der Waals surface area contributed by atoms with Gasteiger partial charge in [0, 0.05) is 21.3 Å². The highest BCUT2D eigenvalue weighted by atomic mass is 79.9. The first-order valence-corrected chi connectivity index (χ1v) is 8.93. The SMILES string of the molecule is O=C(Nc1cccc(C(=O)Nc2ccc(Br)cc2Cl)c1)c1ccccc1. The third-order valence-corrected chi connectivity index (χ3v) is 4.40. The van der Waals surface area contributed by atoms with Crippen LogP contribution in [0.25, 0.3) is 0 Å². The molecule has 0 saturated heterocycles. The molecule has 2 amide bonds. The lowest BCUT2D eigenvalue weighted by atomic mass is 10.1. The third kappa shape index (κ3) is 4.50. The maximum absolute atomic E-state index is 12.5. The van der Waals surface area contributed by atoms with Gasteiger partial charge in [0.15, 0.2) is 0 Å². The summed E-state index contributed by atoms with van der Waals surface area (Å²) in [5, 5.41) is 5.98. The number of benzene rings is 3. The van der Waals surface area contributed by atoms with E-state index in [2.05, 4.69) is 26.6 Å². The van der Waals surface area contributed by atoms with Crippen molar-refractivity contribution in [3.05, 3.63) is 93.4 Å². The summed E-state index contributed by atoms with van der Waals surface area (Å²) in [5.41, 5.74) is 2.01. The lowest BCUT2D eigenvalue weighted by Crippen LogP contribution is -2.14. The molecule has 3 aromatic rings. The molecule has 2 N–H and O–H groups in total. The summed E-state index contributed by atoms with van der Waals surface area (Å²) in [5.74, 6) is -0.552. The van der Waals surface area contributed by atoms with E-state index in [1.54, 1.807) is 66.7 Å². The van der Waals surface area contributed by atoms with Crippen LogP contribution in [0, 0.1) is 0 Å². The summed E-state index contributed by atoms with van der Waals surface area (Å²) in [6.45, 7) is 0. The van der Waals surface area contributed by atoms with Crippen LogP contribution in [0.15, 0.2) is 77.3 Å². The van der Waals surface area contributed by atoms with Crippen LogP contribution >= 0.6 is 27.5 Å². The van der Waals surface area contributed by atoms with Crippen LogP contribution in [0.4, 0.5) is 11.4 Å². The van der Waals surface area contributed by atoms with Gasteiger partial charge in [-0.3, -0.25) is 9.59 Å². The van der Waals surface area contributed by atoms with E-state index in [1.807, 2.05) is 6.07 Å². The van der Waals surface area contributed by atoms with Gasteiger partial charge in [0.1, 0.15) is 0 Å². The molecule has 0 radical (unpaired) electrons. The van der Waals surface area contributed by atoms with Gasteiger partial charge in [0.25, 0.3) is 11.8 Å². The zero-order valence-electron chi connectivity index (χ0n) is 13.5. The van der Waals surface area contributed by atoms with Crippen molar-refractivity contribution in [2.75, 3.05) is 10.6 Å². The second-order valence-electron chi connectivity index (χ2n) is 5.48. The van der Waals surface area contributed by atoms with Gasteiger partial charge in [-0.15, -0.1) is 0 Å². The van der Waals surface area contributed by atoms with Gasteiger partial charge in [0.2, 0.25) is 0 Å². The summed E-state index contributed by atoms with van der Waals surface area (Å²) in [6.07, 6.45) is 0. The highest BCUT2D eigenvalue weighted by Crippen LogP contribution is 2.26. The third-order valence-electron chi connectivity index (χ3n) is 3.60. The second-order valence-corrected chi connectivity index (χ2v) is 6.80. The molecule has 4 nitrogen and oxygen atoms in total. The number of carbonyl (C=O) groups excluding carboxylic acids is 2. The molecule has 0 spiro atoms. The van der Waals surface area contributed by atoms with Gasteiger partial charge in [-0.25, -0.2) is 0 Å². The van der Waals surface area contributed by atoms with Crippen molar-refractivity contribution in [2.24, 2.45) is 0 Å². The topological polar surface area (TPSA) is 58.2 Å². The van der Waals surface area contributed by atoms with E-state index in [0.717, 1.165) is 4.47 Å². The minimum Gasteiger partial charge on any atom is -0.322 e. The van der Waals surface area contributed by atoms with E-state index in [4.69, 9.17) is 11.6 Å². The average molecular weight is 430 g/mol. The fourth-order valence-electron chi connectivity index (χ4n) is 2.32. The zero-order chi connectivity index (χ0) is 18.5. The number of hydrogen-bond acceptors (Lipinski definition) is 2. The second kappa shape index (κ2) is 8.17. The standard InChI is InChI=1S/C20H14BrClN2O2/c21-15-9-10-18(17(22)12-15)24-20(26)14-7-4-8-16(11-14)23-19(25)13-5-2-1-3-6-13/h1-12H,(H,23,25)(H,24,26). The minimum absolute atomic E-state index is 0.237. The van der Waals surface area contributed by atoms with Crippen molar-refractivity contribution in [2.45, 2.75) is 0 Å². The smallest absolute Gasteiger partial charge is 0.255 e. The number of amides is 2. The van der Waals surface area contributed by atoms with Crippen molar-refractivity contribution in [3.63, 3.8) is 0 Å². The fourth-order valence-corrected chi connectivity index (χ4v) is 3.04. The summed E-state index contributed by atoms with van der Waals surface area (Å²) in [7, 11) is 0. The first kappa shape index (κ1) is 18.2. The van der Waals surface area contributed by atoms with Crippen molar-refractivity contribution in [1.29, 1.82) is 0 Å². The van der Waals surface area contributed by atoms with Gasteiger partial charge >= 0.3 is 0 Å². The predicted molar refractivity (Wildman–Crippen MR) is 108 cm³/mol. The van der Waals surface area contributed by atoms with Crippen LogP contribution in [0.1, 0.15) is 20.7 Å². The number of anilines is 2. The molecule has 0 aliphatic carbocycles. The normalized spacial score (nSPS) is 10.2. The van der Waals surface area contributed by atoms with E-state index < -0.39 is 0 Å². The Bertz CT molecular complexity index is 961. The van der Waals surface area contributed by atoms with Gasteiger partial charge in [0.05, 0.1) is 10.7 Å². The van der Waals surface area contributed by atoms with Crippen molar-refractivity contribution < 1.29 is 9.59 Å². The van der Waals surface area contributed by atoms with Crippen molar-refractivity contribution >= 4 is 50.7 Å². The molecule has 0 aliphatic heterocycles. The monoisotopic (exact) mass is 428 g/mol. The molecule has 0 heterocycles. The predicted octanol–water partition coefficient (Wildman–Crippen LogP) is 5.61. The molecule has 0 unspecified atom stereocenters. The largest absolute Gasteiger partial charge is 0.322 e. The van der Waals surface area contributed by atoms with Gasteiger partial charge in [-0.05, 0) is 48.5 Å². The van der Waals surface area contributed by atoms with Crippen LogP contribution < -0.4 is 10.6 Å². The van der Waals surface area contributed by atoms with Crippen molar-refractivity contribution in [1.82, 2.24) is 0 Å². The van der Waals surface area contributed by atoms with Crippen molar-refractivity contribution in [3.8, 4) is 0 Å². The maximum atomic E-state index is 12.5. The summed E-state index contributed by atoms with van der Waals surface area (Å²) >= 11 is 9.45. The Morgan fingerprint density at radius 3 is 2.19 bits per heavy atom. The van der Waals surface area contributed by atoms with Gasteiger partial charge in [-0.1, -0.05) is 51.8 Å². The number of nitrogens with one attached hydrogen (secondary N) is 2. The Labute approximate surface area is 164 Å². The van der Waals surface area contributed by atoms with Crippen LogP contribution in [0.3, 0.4) is 0 Å². The summed E-state index contributed by atoms with van der Waals surface area (Å²) < 4.78 is 0.825. The molecule has 3 rings (SSSR count). The Balaban J connectivity index is 1.74. The molecule has 0 fully saturated rings. The van der Waals surface area contributed by atoms with Crippen LogP contribution in [0.2, 0.25) is 5.02 Å². The van der Waals surface area contributed by atoms with E-state index in [-0.39, 0.29) is 11.8 Å². The molecular weight excluding hydrogens is 416 g/mol. The minimum atomic E-state index is -0.315. The molecule has 6 heteroatoms. The Kier molecular flexibility index (Phi) is 5.71. The number of carbonyl (C=O) groups is 2. The summed E-state index contributed by atoms with van der Waals surface area (Å²) in [4.78, 5) is 24.7. The highest BCUT2D eigenvalue weighted by Gasteiger charge is 2.11. The molecular formula is C20H14BrClN2O2. The first-order chi connectivity index (χ1) is 12.5. The lowest BCUT2D eigenvalue weighted by Gasteiger charge is -2.10. The van der Waals surface area contributed by atoms with E-state index in [9.17, 15) is 9.59 Å². The molecule has 26 heavy (non-hydrogen) atoms. The van der Waals surface area contributed by atoms with Crippen LogP contribution in [-0.4, -0.2) is 11.8 Å². The first-order valence-electron chi connectivity index (χ1n) is 7.76. The van der Waals surface area contributed by atoms with E-state index in [0.29, 0.717) is 27.5 Å². The van der Waals surface area contributed by atoms with Crippen LogP contribution in [0.5, 0.6) is 0 Å². The number of rotatable bonds is 4. The number of halogens is 2. The van der Waals surface area contributed by atoms with Gasteiger partial charge < -0.3 is 10.6 Å². The molecule has 3 aromatic carbocycles. The average Bonchev–Trinajstić information content (AvgIpc) is 2.65. The Hall–Kier alpha value is -2.63. The van der Waals surface area contributed by atoms with Gasteiger partial charge in [-0.2, -0.15) is 0 Å². The highest BCUT2D eigenvalue weighted by molar-refractivity contribution is 9.10. The summed E-state index contributed by atoms with van der Waals surface area (Å²) in [6, 6.07) is 20.8. The molecule has 130 valence electrons. The zero-order valence-corrected chi connectivity index (χ0v) is 15.8. The maximum Gasteiger partial charge on any atom is 0.255 e. The molecule has 0 saturated carbocycles. The lowest BCUT2D eigenvalue weighted by molar-refractivity contribution is 0.101. The molecule has 0 aromatic heterocycles. The van der Waals surface area contributed by atoms with Crippen LogP contribution in [-0.2, 0) is 0 Å². The molecule has 0 atom stereocenters. The van der Waals surface area contributed by atoms with E-state index >= 15 is 0 Å². The molecule has 0 bridgehead atoms. The Morgan fingerprint density at radius 1 is 0.769 bits per heavy atom. The molecule has 0 aliphatic rings. The quantitative estimate of drug-likeness (QED) is 0.566. The number of hydrogen-bond donors (Lipinski definition) is 2. The fraction of sp³-hybridized carbons (Fsp3) is 0. The Morgan fingerprint density at radius 2 is 1.46 bits per heavy atom. The van der Waals surface area contributed by atoms with E-state index in [1.165, 1.54) is 0 Å².